The van der Waals surface area contributed by atoms with E-state index in [0.717, 1.165) is 24.3 Å². The highest BCUT2D eigenvalue weighted by atomic mass is 16.5. The second-order valence-electron chi connectivity index (χ2n) is 4.84. The fourth-order valence-corrected chi connectivity index (χ4v) is 2.47. The van der Waals surface area contributed by atoms with Crippen molar-refractivity contribution in [1.29, 1.82) is 0 Å². The van der Waals surface area contributed by atoms with Crippen LogP contribution in [-0.2, 0) is 0 Å². The highest BCUT2D eigenvalue weighted by Gasteiger charge is 2.33. The van der Waals surface area contributed by atoms with Crippen LogP contribution in [0.2, 0.25) is 0 Å². The van der Waals surface area contributed by atoms with Crippen molar-refractivity contribution in [3.05, 3.63) is 35.0 Å². The maximum Gasteiger partial charge on any atom is 0.276 e. The van der Waals surface area contributed by atoms with Gasteiger partial charge in [-0.1, -0.05) is 10.3 Å². The minimum Gasteiger partial charge on any atom is -0.361 e. The molecule has 0 N–H and O–H groups in total. The molecule has 1 amide bonds. The maximum atomic E-state index is 12.4. The molecule has 0 aliphatic carbocycles. The van der Waals surface area contributed by atoms with Gasteiger partial charge >= 0.3 is 0 Å². The van der Waals surface area contributed by atoms with Crippen molar-refractivity contribution >= 4 is 5.91 Å². The molecule has 0 radical (unpaired) electrons. The van der Waals surface area contributed by atoms with Crippen LogP contribution in [0, 0.1) is 13.8 Å². The van der Waals surface area contributed by atoms with Crippen LogP contribution in [0.4, 0.5) is 0 Å². The van der Waals surface area contributed by atoms with Crippen LogP contribution >= 0.6 is 0 Å². The summed E-state index contributed by atoms with van der Waals surface area (Å²) in [5.74, 6) is 1.28. The first kappa shape index (κ1) is 12.0. The van der Waals surface area contributed by atoms with E-state index in [0.29, 0.717) is 18.0 Å². The Kier molecular flexibility index (Phi) is 2.85. The molecule has 19 heavy (non-hydrogen) atoms. The van der Waals surface area contributed by atoms with Gasteiger partial charge in [-0.15, -0.1) is 0 Å². The van der Waals surface area contributed by atoms with E-state index in [1.54, 1.807) is 17.9 Å². The van der Waals surface area contributed by atoms with Gasteiger partial charge in [-0.05, 0) is 26.7 Å². The number of amides is 1. The zero-order valence-corrected chi connectivity index (χ0v) is 10.9. The molecule has 0 unspecified atom stereocenters. The quantitative estimate of drug-likeness (QED) is 0.829. The van der Waals surface area contributed by atoms with Crippen molar-refractivity contribution < 1.29 is 13.8 Å². The Morgan fingerprint density at radius 3 is 2.63 bits per heavy atom. The number of nitrogens with zero attached hydrogens (tertiary/aromatic N) is 3. The lowest BCUT2D eigenvalue weighted by molar-refractivity contribution is 0.0720. The molecule has 6 nitrogen and oxygen atoms in total. The first-order chi connectivity index (χ1) is 9.15. The third-order valence-electron chi connectivity index (χ3n) is 3.35. The summed E-state index contributed by atoms with van der Waals surface area (Å²) in [5, 5.41) is 7.80. The predicted molar refractivity (Wildman–Crippen MR) is 65.5 cm³/mol. The number of hydrogen-bond donors (Lipinski definition) is 0. The third kappa shape index (κ3) is 2.14. The topological polar surface area (TPSA) is 72.4 Å². The standard InChI is InChI=1S/C13H15N3O3/c1-8-6-10(14-18-8)12-4-3-5-16(12)13(17)11-7-9(2)19-15-11/h6-7,12H,3-5H2,1-2H3/t12-/m1/s1. The molecule has 2 aromatic heterocycles. The van der Waals surface area contributed by atoms with Crippen molar-refractivity contribution in [3.63, 3.8) is 0 Å². The number of aryl methyl sites for hydroxylation is 2. The molecule has 3 heterocycles. The Morgan fingerprint density at radius 2 is 2.00 bits per heavy atom. The van der Waals surface area contributed by atoms with E-state index in [1.165, 1.54) is 0 Å². The minimum atomic E-state index is -0.111. The monoisotopic (exact) mass is 261 g/mol. The summed E-state index contributed by atoms with van der Waals surface area (Å²) < 4.78 is 10.1. The average Bonchev–Trinajstić information content (AvgIpc) is 3.07. The lowest BCUT2D eigenvalue weighted by Crippen LogP contribution is -2.30. The van der Waals surface area contributed by atoms with E-state index >= 15 is 0 Å². The van der Waals surface area contributed by atoms with Gasteiger partial charge in [-0.2, -0.15) is 0 Å². The minimum absolute atomic E-state index is 0.0260. The fourth-order valence-electron chi connectivity index (χ4n) is 2.47. The lowest BCUT2D eigenvalue weighted by atomic mass is 10.1. The molecule has 0 bridgehead atoms. The van der Waals surface area contributed by atoms with E-state index in [4.69, 9.17) is 9.05 Å². The van der Waals surface area contributed by atoms with E-state index in [9.17, 15) is 4.79 Å². The number of carbonyl (C=O) groups excluding carboxylic acids is 1. The van der Waals surface area contributed by atoms with Crippen LogP contribution in [0.1, 0.15) is 46.6 Å². The summed E-state index contributed by atoms with van der Waals surface area (Å²) >= 11 is 0. The first-order valence-corrected chi connectivity index (χ1v) is 6.32. The van der Waals surface area contributed by atoms with E-state index in [1.807, 2.05) is 13.0 Å². The van der Waals surface area contributed by atoms with Crippen LogP contribution < -0.4 is 0 Å². The van der Waals surface area contributed by atoms with Crippen molar-refractivity contribution in [2.45, 2.75) is 32.7 Å². The number of likely N-dealkylation sites (tertiary alicyclic amines) is 1. The molecule has 1 fully saturated rings. The van der Waals surface area contributed by atoms with Crippen LogP contribution in [-0.4, -0.2) is 27.7 Å². The van der Waals surface area contributed by atoms with Gasteiger partial charge in [-0.25, -0.2) is 0 Å². The van der Waals surface area contributed by atoms with Gasteiger partial charge in [0.2, 0.25) is 0 Å². The zero-order chi connectivity index (χ0) is 13.4. The Morgan fingerprint density at radius 1 is 1.26 bits per heavy atom. The number of aromatic nitrogens is 2. The molecule has 1 atom stereocenters. The van der Waals surface area contributed by atoms with E-state index in [2.05, 4.69) is 10.3 Å². The summed E-state index contributed by atoms with van der Waals surface area (Å²) in [5.41, 5.74) is 1.16. The third-order valence-corrected chi connectivity index (χ3v) is 3.35. The Hall–Kier alpha value is -2.11. The summed E-state index contributed by atoms with van der Waals surface area (Å²) in [6, 6.07) is 3.51. The van der Waals surface area contributed by atoms with Gasteiger partial charge in [0.15, 0.2) is 5.69 Å². The Bertz CT molecular complexity index is 602. The second-order valence-corrected chi connectivity index (χ2v) is 4.84. The van der Waals surface area contributed by atoms with Gasteiger partial charge < -0.3 is 13.9 Å². The molecule has 0 aromatic carbocycles. The van der Waals surface area contributed by atoms with E-state index < -0.39 is 0 Å². The molecule has 1 aliphatic heterocycles. The van der Waals surface area contributed by atoms with Crippen LogP contribution in [0.3, 0.4) is 0 Å². The van der Waals surface area contributed by atoms with E-state index in [-0.39, 0.29) is 11.9 Å². The van der Waals surface area contributed by atoms with Crippen molar-refractivity contribution in [3.8, 4) is 0 Å². The van der Waals surface area contributed by atoms with Gasteiger partial charge in [-0.3, -0.25) is 4.79 Å². The molecule has 0 spiro atoms. The number of rotatable bonds is 2. The molecular weight excluding hydrogens is 246 g/mol. The first-order valence-electron chi connectivity index (χ1n) is 6.32. The highest BCUT2D eigenvalue weighted by Crippen LogP contribution is 2.32. The summed E-state index contributed by atoms with van der Waals surface area (Å²) in [4.78, 5) is 14.2. The molecule has 1 aliphatic rings. The number of hydrogen-bond acceptors (Lipinski definition) is 5. The lowest BCUT2D eigenvalue weighted by Gasteiger charge is -2.21. The van der Waals surface area contributed by atoms with Gasteiger partial charge in [0.05, 0.1) is 6.04 Å². The summed E-state index contributed by atoms with van der Waals surface area (Å²) in [6.07, 6.45) is 1.85. The Labute approximate surface area is 110 Å². The second kappa shape index (κ2) is 4.53. The normalized spacial score (nSPS) is 19.1. The van der Waals surface area contributed by atoms with Gasteiger partial charge in [0.25, 0.3) is 5.91 Å². The predicted octanol–water partition coefficient (Wildman–Crippen LogP) is 2.26. The molecule has 0 saturated carbocycles. The maximum absolute atomic E-state index is 12.4. The zero-order valence-electron chi connectivity index (χ0n) is 10.9. The summed E-state index contributed by atoms with van der Waals surface area (Å²) in [7, 11) is 0. The van der Waals surface area contributed by atoms with Crippen LogP contribution in [0.5, 0.6) is 0 Å². The van der Waals surface area contributed by atoms with Crippen LogP contribution in [0.15, 0.2) is 21.2 Å². The van der Waals surface area contributed by atoms with Crippen molar-refractivity contribution in [2.75, 3.05) is 6.54 Å². The van der Waals surface area contributed by atoms with Gasteiger partial charge in [0.1, 0.15) is 17.2 Å². The molecule has 2 aromatic rings. The largest absolute Gasteiger partial charge is 0.361 e. The van der Waals surface area contributed by atoms with Crippen molar-refractivity contribution in [1.82, 2.24) is 15.2 Å². The average molecular weight is 261 g/mol. The number of carbonyl (C=O) groups is 1. The molecule has 6 heteroatoms. The smallest absolute Gasteiger partial charge is 0.276 e. The van der Waals surface area contributed by atoms with Gasteiger partial charge in [0, 0.05) is 18.7 Å². The fraction of sp³-hybridized carbons (Fsp3) is 0.462. The summed E-state index contributed by atoms with van der Waals surface area (Å²) in [6.45, 7) is 4.33. The molecule has 3 rings (SSSR count). The molecule has 100 valence electrons. The molecule has 1 saturated heterocycles. The Balaban J connectivity index is 1.85. The highest BCUT2D eigenvalue weighted by molar-refractivity contribution is 5.92. The van der Waals surface area contributed by atoms with Crippen LogP contribution in [0.25, 0.3) is 0 Å². The SMILES string of the molecule is Cc1cc(C(=O)N2CCC[C@@H]2c2cc(C)on2)no1. The van der Waals surface area contributed by atoms with Crippen molar-refractivity contribution in [2.24, 2.45) is 0 Å². The molecular formula is C13H15N3O3.